The minimum atomic E-state index is 0.124. The number of rotatable bonds is 16. The zero-order chi connectivity index (χ0) is 23.7. The van der Waals surface area contributed by atoms with Gasteiger partial charge < -0.3 is 10.6 Å². The maximum Gasteiger partial charge on any atom is 0.220 e. The van der Waals surface area contributed by atoms with E-state index in [-0.39, 0.29) is 11.8 Å². The van der Waals surface area contributed by atoms with Crippen LogP contribution < -0.4 is 19.8 Å². The van der Waals surface area contributed by atoms with E-state index >= 15 is 0 Å². The van der Waals surface area contributed by atoms with Gasteiger partial charge in [-0.3, -0.25) is 9.59 Å². The Morgan fingerprint density at radius 2 is 1.12 bits per heavy atom. The summed E-state index contributed by atoms with van der Waals surface area (Å²) in [5, 5.41) is 6.96. The number of hydrogen-bond donors (Lipinski definition) is 2. The minimum absolute atomic E-state index is 0.124. The molecule has 0 saturated carbocycles. The number of aromatic nitrogens is 2. The van der Waals surface area contributed by atoms with Crippen molar-refractivity contribution >= 4 is 35.3 Å². The van der Waals surface area contributed by atoms with E-state index in [4.69, 9.17) is 0 Å². The molecule has 180 valence electrons. The van der Waals surface area contributed by atoms with E-state index in [1.807, 2.05) is 23.5 Å². The monoisotopic (exact) mass is 490 g/mol. The lowest BCUT2D eigenvalue weighted by Gasteiger charge is -2.06. The van der Waals surface area contributed by atoms with Crippen LogP contribution in [0.25, 0.3) is 0 Å². The molecule has 2 aromatic heterocycles. The van der Waals surface area contributed by atoms with Crippen molar-refractivity contribution in [3.05, 3.63) is 60.2 Å². The van der Waals surface area contributed by atoms with Crippen LogP contribution in [0.4, 0.5) is 0 Å². The van der Waals surface area contributed by atoms with Crippen LogP contribution in [-0.2, 0) is 22.7 Å². The Kier molecular flexibility index (Phi) is 13.6. The molecule has 0 unspecified atom stereocenters. The molecule has 33 heavy (non-hydrogen) atoms. The zero-order valence-electron chi connectivity index (χ0n) is 19.9. The Balaban J connectivity index is 1.35. The summed E-state index contributed by atoms with van der Waals surface area (Å²) in [5.41, 5.74) is 2.49. The first-order chi connectivity index (χ1) is 16.0. The Labute approximate surface area is 206 Å². The van der Waals surface area contributed by atoms with Gasteiger partial charge in [0.25, 0.3) is 0 Å². The van der Waals surface area contributed by atoms with Gasteiger partial charge in [-0.25, -0.2) is 9.13 Å². The molecule has 0 bridgehead atoms. The molecular formula is C25H38N4O2S2+2. The van der Waals surface area contributed by atoms with Gasteiger partial charge >= 0.3 is 0 Å². The molecule has 6 nitrogen and oxygen atoms in total. The highest BCUT2D eigenvalue weighted by atomic mass is 32.2. The van der Waals surface area contributed by atoms with Crippen LogP contribution in [-0.4, -0.2) is 41.5 Å². The first-order valence-electron chi connectivity index (χ1n) is 11.6. The fourth-order valence-corrected chi connectivity index (χ4v) is 4.99. The number of carbonyl (C=O) groups excluding carboxylic acids is 2. The lowest BCUT2D eigenvalue weighted by Crippen LogP contribution is -2.34. The highest BCUT2D eigenvalue weighted by molar-refractivity contribution is 8.15. The molecule has 2 aromatic rings. The molecule has 0 aromatic carbocycles. The van der Waals surface area contributed by atoms with Gasteiger partial charge in [0.1, 0.15) is 13.1 Å². The fourth-order valence-electron chi connectivity index (χ4n) is 3.09. The van der Waals surface area contributed by atoms with Crippen molar-refractivity contribution in [1.29, 1.82) is 0 Å². The highest BCUT2D eigenvalue weighted by Crippen LogP contribution is 2.10. The predicted molar refractivity (Wildman–Crippen MR) is 137 cm³/mol. The zero-order valence-corrected chi connectivity index (χ0v) is 21.6. The maximum atomic E-state index is 11.9. The average Bonchev–Trinajstić information content (AvgIpc) is 2.80. The lowest BCUT2D eigenvalue weighted by molar-refractivity contribution is -0.697. The van der Waals surface area contributed by atoms with Gasteiger partial charge in [-0.2, -0.15) is 0 Å². The molecule has 0 saturated heterocycles. The summed E-state index contributed by atoms with van der Waals surface area (Å²) in [6.07, 6.45) is 11.0. The number of nitrogens with one attached hydrogen (secondary N) is 2. The summed E-state index contributed by atoms with van der Waals surface area (Å²) in [4.78, 5) is 23.8. The smallest absolute Gasteiger partial charge is 0.220 e. The SMILES string of the molecule is Cc1cc[n+](CCCC(=O)NCCSCSCCNC(=O)CCC[n+]2ccc(C)cc2)cc1. The standard InChI is InChI=1S/C25H36N4O2S2/c1-22-7-15-28(16-8-22)13-3-5-24(30)26-11-19-32-21-33-20-12-27-25(31)6-4-14-29-17-9-23(2)10-18-29/h7-10,15-18H,3-6,11-14,19-21H2,1-2H3/p+2. The lowest BCUT2D eigenvalue weighted by atomic mass is 10.2. The van der Waals surface area contributed by atoms with Crippen LogP contribution in [0.15, 0.2) is 49.1 Å². The van der Waals surface area contributed by atoms with Gasteiger partial charge in [0.15, 0.2) is 24.8 Å². The van der Waals surface area contributed by atoms with Gasteiger partial charge in [-0.15, -0.1) is 23.5 Å². The molecule has 2 amide bonds. The average molecular weight is 491 g/mol. The van der Waals surface area contributed by atoms with Crippen molar-refractivity contribution < 1.29 is 18.7 Å². The van der Waals surface area contributed by atoms with Gasteiger partial charge in [0, 0.05) is 79.6 Å². The molecule has 0 fully saturated rings. The van der Waals surface area contributed by atoms with Crippen LogP contribution in [0.3, 0.4) is 0 Å². The largest absolute Gasteiger partial charge is 0.355 e. The number of amides is 2. The normalized spacial score (nSPS) is 10.7. The van der Waals surface area contributed by atoms with E-state index in [0.717, 1.165) is 42.5 Å². The van der Waals surface area contributed by atoms with Gasteiger partial charge in [-0.05, 0) is 25.0 Å². The molecule has 2 rings (SSSR count). The van der Waals surface area contributed by atoms with E-state index < -0.39 is 0 Å². The molecular weight excluding hydrogens is 452 g/mol. The molecule has 0 aliphatic carbocycles. The van der Waals surface area contributed by atoms with Crippen LogP contribution in [0.5, 0.6) is 0 Å². The molecule has 0 aliphatic heterocycles. The highest BCUT2D eigenvalue weighted by Gasteiger charge is 2.06. The molecule has 2 N–H and O–H groups in total. The number of pyridine rings is 2. The number of nitrogens with zero attached hydrogens (tertiary/aromatic N) is 2. The number of carbonyl (C=O) groups is 2. The van der Waals surface area contributed by atoms with Gasteiger partial charge in [-0.1, -0.05) is 0 Å². The number of thioether (sulfide) groups is 2. The minimum Gasteiger partial charge on any atom is -0.355 e. The maximum absolute atomic E-state index is 11.9. The van der Waals surface area contributed by atoms with E-state index in [9.17, 15) is 9.59 Å². The van der Waals surface area contributed by atoms with Crippen molar-refractivity contribution in [2.75, 3.05) is 29.7 Å². The van der Waals surface area contributed by atoms with E-state index in [2.05, 4.69) is 82.7 Å². The molecule has 0 atom stereocenters. The second kappa shape index (κ2) is 16.5. The third-order valence-corrected chi connectivity index (χ3v) is 7.38. The molecule has 0 spiro atoms. The first-order valence-corrected chi connectivity index (χ1v) is 13.9. The van der Waals surface area contributed by atoms with Gasteiger partial charge in [0.05, 0.1) is 0 Å². The van der Waals surface area contributed by atoms with Crippen molar-refractivity contribution in [3.8, 4) is 0 Å². The number of hydrogen-bond acceptors (Lipinski definition) is 4. The summed E-state index contributed by atoms with van der Waals surface area (Å²) in [7, 11) is 0. The quantitative estimate of drug-likeness (QED) is 0.216. The van der Waals surface area contributed by atoms with Crippen molar-refractivity contribution in [3.63, 3.8) is 0 Å². The second-order valence-corrected chi connectivity index (χ2v) is 10.6. The molecule has 0 aliphatic rings. The molecule has 8 heteroatoms. The van der Waals surface area contributed by atoms with Crippen LogP contribution in [0, 0.1) is 13.8 Å². The summed E-state index contributed by atoms with van der Waals surface area (Å²) in [5.74, 6) is 2.07. The van der Waals surface area contributed by atoms with Gasteiger partial charge in [0.2, 0.25) is 11.8 Å². The van der Waals surface area contributed by atoms with Crippen LogP contribution in [0.1, 0.15) is 36.8 Å². The summed E-state index contributed by atoms with van der Waals surface area (Å²) >= 11 is 3.63. The van der Waals surface area contributed by atoms with Crippen molar-refractivity contribution in [1.82, 2.24) is 10.6 Å². The summed E-state index contributed by atoms with van der Waals surface area (Å²) in [6, 6.07) is 8.32. The summed E-state index contributed by atoms with van der Waals surface area (Å²) in [6.45, 7) is 7.28. The van der Waals surface area contributed by atoms with E-state index in [0.29, 0.717) is 25.9 Å². The van der Waals surface area contributed by atoms with Crippen molar-refractivity contribution in [2.45, 2.75) is 52.6 Å². The Morgan fingerprint density at radius 3 is 1.52 bits per heavy atom. The fraction of sp³-hybridized carbons (Fsp3) is 0.520. The van der Waals surface area contributed by atoms with E-state index in [1.165, 1.54) is 11.1 Å². The molecule has 0 radical (unpaired) electrons. The van der Waals surface area contributed by atoms with E-state index in [1.54, 1.807) is 0 Å². The molecule has 2 heterocycles. The first kappa shape index (κ1) is 27.2. The number of aryl methyl sites for hydroxylation is 4. The third kappa shape index (κ3) is 13.3. The summed E-state index contributed by atoms with van der Waals surface area (Å²) < 4.78 is 4.22. The predicted octanol–water partition coefficient (Wildman–Crippen LogP) is 2.80. The Morgan fingerprint density at radius 1 is 0.727 bits per heavy atom. The Bertz CT molecular complexity index is 760. The van der Waals surface area contributed by atoms with Crippen LogP contribution in [0.2, 0.25) is 0 Å². The second-order valence-electron chi connectivity index (χ2n) is 8.07. The topological polar surface area (TPSA) is 66.0 Å². The van der Waals surface area contributed by atoms with Crippen LogP contribution >= 0.6 is 23.5 Å². The Hall–Kier alpha value is -2.06. The third-order valence-electron chi connectivity index (χ3n) is 5.06. The van der Waals surface area contributed by atoms with Crippen molar-refractivity contribution in [2.24, 2.45) is 0 Å².